The predicted molar refractivity (Wildman–Crippen MR) is 121 cm³/mol. The van der Waals surface area contributed by atoms with Gasteiger partial charge in [-0.3, -0.25) is 9.59 Å². The molecule has 34 heavy (non-hydrogen) atoms. The molecule has 0 radical (unpaired) electrons. The third-order valence-corrected chi connectivity index (χ3v) is 6.11. The molecule has 8 nitrogen and oxygen atoms in total. The Balaban J connectivity index is 1.43. The van der Waals surface area contributed by atoms with E-state index in [2.05, 4.69) is 20.3 Å². The maximum atomic E-state index is 13.6. The van der Waals surface area contributed by atoms with E-state index in [-0.39, 0.29) is 29.5 Å². The molecule has 3 heterocycles. The number of benzene rings is 2. The van der Waals surface area contributed by atoms with Gasteiger partial charge in [-0.2, -0.15) is 0 Å². The van der Waals surface area contributed by atoms with Gasteiger partial charge in [-0.25, -0.2) is 18.4 Å². The van der Waals surface area contributed by atoms with Gasteiger partial charge in [-0.05, 0) is 48.7 Å². The molecule has 1 unspecified atom stereocenters. The molecule has 2 aromatic carbocycles. The van der Waals surface area contributed by atoms with E-state index in [0.717, 1.165) is 25.0 Å². The van der Waals surface area contributed by atoms with Crippen LogP contribution < -0.4 is 5.56 Å². The van der Waals surface area contributed by atoms with E-state index >= 15 is 0 Å². The van der Waals surface area contributed by atoms with Gasteiger partial charge in [-0.1, -0.05) is 28.9 Å². The number of rotatable bonds is 4. The lowest BCUT2D eigenvalue weighted by molar-refractivity contribution is 0.0704. The quantitative estimate of drug-likeness (QED) is 0.478. The fourth-order valence-electron chi connectivity index (χ4n) is 4.18. The number of piperidine rings is 1. The van der Waals surface area contributed by atoms with Crippen molar-refractivity contribution in [3.05, 3.63) is 86.4 Å². The third kappa shape index (κ3) is 4.28. The number of nitrogens with one attached hydrogen (secondary N) is 1. The van der Waals surface area contributed by atoms with Crippen molar-refractivity contribution in [1.82, 2.24) is 29.9 Å². The number of carbonyl (C=O) groups is 1. The average Bonchev–Trinajstić information content (AvgIpc) is 3.24. The van der Waals surface area contributed by atoms with Crippen molar-refractivity contribution in [3.8, 4) is 0 Å². The highest BCUT2D eigenvalue weighted by Crippen LogP contribution is 2.26. The Bertz CT molecular complexity index is 1450. The largest absolute Gasteiger partial charge is 0.338 e. The number of hydrogen-bond acceptors (Lipinski definition) is 5. The van der Waals surface area contributed by atoms with Crippen molar-refractivity contribution in [2.45, 2.75) is 25.3 Å². The summed E-state index contributed by atoms with van der Waals surface area (Å²) in [6, 6.07) is 10.3. The molecule has 1 atom stereocenters. The lowest BCUT2D eigenvalue weighted by Crippen LogP contribution is -2.40. The fraction of sp³-hybridized carbons (Fsp3) is 0.261. The summed E-state index contributed by atoms with van der Waals surface area (Å²) in [4.78, 5) is 34.7. The normalized spacial score (nSPS) is 16.2. The molecule has 4 aromatic rings. The van der Waals surface area contributed by atoms with Gasteiger partial charge in [0.25, 0.3) is 11.5 Å². The number of aromatic amines is 1. The first-order chi connectivity index (χ1) is 16.4. The van der Waals surface area contributed by atoms with Gasteiger partial charge in [0.15, 0.2) is 22.8 Å². The summed E-state index contributed by atoms with van der Waals surface area (Å²) in [7, 11) is 0. The molecular formula is C23H19ClF2N6O2. The van der Waals surface area contributed by atoms with Gasteiger partial charge in [0, 0.05) is 29.6 Å². The zero-order valence-corrected chi connectivity index (χ0v) is 18.6. The zero-order valence-electron chi connectivity index (χ0n) is 17.8. The van der Waals surface area contributed by atoms with Crippen LogP contribution in [0.5, 0.6) is 0 Å². The third-order valence-electron chi connectivity index (χ3n) is 5.88. The Morgan fingerprint density at radius 2 is 2.03 bits per heavy atom. The molecule has 0 spiro atoms. The Hall–Kier alpha value is -3.66. The molecule has 1 saturated heterocycles. The van der Waals surface area contributed by atoms with Crippen molar-refractivity contribution >= 4 is 28.7 Å². The van der Waals surface area contributed by atoms with Crippen molar-refractivity contribution in [2.24, 2.45) is 0 Å². The number of likely N-dealkylation sites (tertiary alicyclic amines) is 1. The Morgan fingerprint density at radius 3 is 2.82 bits per heavy atom. The maximum Gasteiger partial charge on any atom is 0.281 e. The van der Waals surface area contributed by atoms with Crippen LogP contribution >= 0.6 is 11.6 Å². The number of aromatic nitrogens is 5. The predicted octanol–water partition coefficient (Wildman–Crippen LogP) is 3.51. The molecule has 2 aromatic heterocycles. The minimum atomic E-state index is -0.972. The van der Waals surface area contributed by atoms with Crippen LogP contribution in [0.1, 0.15) is 40.5 Å². The van der Waals surface area contributed by atoms with E-state index < -0.39 is 17.2 Å². The van der Waals surface area contributed by atoms with Crippen LogP contribution in [-0.4, -0.2) is 48.9 Å². The monoisotopic (exact) mass is 484 g/mol. The van der Waals surface area contributed by atoms with Gasteiger partial charge < -0.3 is 9.88 Å². The van der Waals surface area contributed by atoms with Crippen molar-refractivity contribution in [3.63, 3.8) is 0 Å². The SMILES string of the molecule is O=C(c1cccc(Cl)c1)N1CCCC(c2nc3c(nnn3Cc3ccc(F)c(F)c3)c(=O)[nH]2)C1. The molecule has 5 rings (SSSR count). The topological polar surface area (TPSA) is 96.8 Å². The summed E-state index contributed by atoms with van der Waals surface area (Å²) in [5, 5.41) is 8.35. The molecule has 0 bridgehead atoms. The molecule has 1 amide bonds. The van der Waals surface area contributed by atoms with Gasteiger partial charge in [0.05, 0.1) is 6.54 Å². The first kappa shape index (κ1) is 22.1. The van der Waals surface area contributed by atoms with E-state index in [1.165, 1.54) is 10.7 Å². The van der Waals surface area contributed by atoms with Crippen LogP contribution in [0.25, 0.3) is 11.2 Å². The molecule has 1 aliphatic rings. The Kier molecular flexibility index (Phi) is 5.82. The molecular weight excluding hydrogens is 466 g/mol. The van der Waals surface area contributed by atoms with E-state index in [1.807, 2.05) is 0 Å². The minimum absolute atomic E-state index is 0.0500. The smallest absolute Gasteiger partial charge is 0.281 e. The van der Waals surface area contributed by atoms with Crippen LogP contribution in [0.15, 0.2) is 47.3 Å². The zero-order chi connectivity index (χ0) is 23.8. The molecule has 1 fully saturated rings. The highest BCUT2D eigenvalue weighted by molar-refractivity contribution is 6.30. The molecule has 11 heteroatoms. The van der Waals surface area contributed by atoms with Crippen LogP contribution in [0.2, 0.25) is 5.02 Å². The second kappa shape index (κ2) is 8.94. The van der Waals surface area contributed by atoms with E-state index in [9.17, 15) is 18.4 Å². The van der Waals surface area contributed by atoms with Crippen LogP contribution in [-0.2, 0) is 6.54 Å². The van der Waals surface area contributed by atoms with Crippen LogP contribution in [0.4, 0.5) is 8.78 Å². The first-order valence-corrected chi connectivity index (χ1v) is 11.1. The van der Waals surface area contributed by atoms with Crippen molar-refractivity contribution in [1.29, 1.82) is 0 Å². The summed E-state index contributed by atoms with van der Waals surface area (Å²) in [6.45, 7) is 1.03. The van der Waals surface area contributed by atoms with Gasteiger partial charge in [-0.15, -0.1) is 5.10 Å². The number of amides is 1. The maximum absolute atomic E-state index is 13.6. The highest BCUT2D eigenvalue weighted by Gasteiger charge is 2.28. The fourth-order valence-corrected chi connectivity index (χ4v) is 4.37. The summed E-state index contributed by atoms with van der Waals surface area (Å²) >= 11 is 6.03. The number of nitrogens with zero attached hydrogens (tertiary/aromatic N) is 5. The van der Waals surface area contributed by atoms with E-state index in [1.54, 1.807) is 29.2 Å². The summed E-state index contributed by atoms with van der Waals surface area (Å²) in [5.41, 5.74) is 0.787. The first-order valence-electron chi connectivity index (χ1n) is 10.7. The summed E-state index contributed by atoms with van der Waals surface area (Å²) in [6.07, 6.45) is 1.48. The van der Waals surface area contributed by atoms with E-state index in [0.29, 0.717) is 35.1 Å². The standard InChI is InChI=1S/C23H19ClF2N6O2/c24-16-5-1-3-14(10-16)23(34)31-8-2-4-15(12-31)20-27-21-19(22(33)28-20)29-30-32(21)11-13-6-7-17(25)18(26)9-13/h1,3,5-7,9-10,15H,2,4,8,11-12H2,(H,27,28,33). The summed E-state index contributed by atoms with van der Waals surface area (Å²) < 4.78 is 28.2. The van der Waals surface area contributed by atoms with Crippen molar-refractivity contribution < 1.29 is 13.6 Å². The molecule has 174 valence electrons. The minimum Gasteiger partial charge on any atom is -0.338 e. The number of halogens is 3. The number of hydrogen-bond donors (Lipinski definition) is 1. The van der Waals surface area contributed by atoms with Crippen LogP contribution in [0, 0.1) is 11.6 Å². The van der Waals surface area contributed by atoms with Gasteiger partial charge in [0.2, 0.25) is 0 Å². The lowest BCUT2D eigenvalue weighted by Gasteiger charge is -2.32. The number of fused-ring (bicyclic) bond motifs is 1. The second-order valence-electron chi connectivity index (χ2n) is 8.22. The molecule has 0 saturated carbocycles. The molecule has 1 N–H and O–H groups in total. The van der Waals surface area contributed by atoms with Crippen molar-refractivity contribution in [2.75, 3.05) is 13.1 Å². The van der Waals surface area contributed by atoms with Gasteiger partial charge in [0.1, 0.15) is 5.82 Å². The second-order valence-corrected chi connectivity index (χ2v) is 8.66. The van der Waals surface area contributed by atoms with Gasteiger partial charge >= 0.3 is 0 Å². The van der Waals surface area contributed by atoms with E-state index in [4.69, 9.17) is 11.6 Å². The highest BCUT2D eigenvalue weighted by atomic mass is 35.5. The molecule has 1 aliphatic heterocycles. The number of H-pyrrole nitrogens is 1. The summed E-state index contributed by atoms with van der Waals surface area (Å²) in [5.74, 6) is -1.82. The Labute approximate surface area is 197 Å². The average molecular weight is 485 g/mol. The lowest BCUT2D eigenvalue weighted by atomic mass is 9.96. The van der Waals surface area contributed by atoms with Crippen LogP contribution in [0.3, 0.4) is 0 Å². The number of carbonyl (C=O) groups excluding carboxylic acids is 1. The Morgan fingerprint density at radius 1 is 1.18 bits per heavy atom. The molecule has 0 aliphatic carbocycles.